The Morgan fingerprint density at radius 3 is 2.83 bits per heavy atom. The molecule has 94 valence electrons. The van der Waals surface area contributed by atoms with Crippen molar-refractivity contribution in [3.63, 3.8) is 0 Å². The second-order valence-electron chi connectivity index (χ2n) is 4.96. The molecule has 3 rings (SSSR count). The molecule has 3 nitrogen and oxygen atoms in total. The van der Waals surface area contributed by atoms with Crippen LogP contribution >= 0.6 is 0 Å². The summed E-state index contributed by atoms with van der Waals surface area (Å²) in [4.78, 5) is 4.60. The molecule has 0 bridgehead atoms. The molecule has 1 fully saturated rings. The molecule has 1 unspecified atom stereocenters. The van der Waals surface area contributed by atoms with Crippen LogP contribution in [-0.4, -0.2) is 22.6 Å². The summed E-state index contributed by atoms with van der Waals surface area (Å²) in [5.41, 5.74) is 2.46. The van der Waals surface area contributed by atoms with E-state index in [2.05, 4.69) is 46.1 Å². The maximum Gasteiger partial charge on any atom is 0.140 e. The van der Waals surface area contributed by atoms with Gasteiger partial charge < -0.3 is 9.88 Å². The zero-order chi connectivity index (χ0) is 12.4. The number of hydrogen-bond donors (Lipinski definition) is 1. The Morgan fingerprint density at radius 1 is 1.28 bits per heavy atom. The average molecular weight is 241 g/mol. The first-order chi connectivity index (χ1) is 8.86. The third-order valence-corrected chi connectivity index (χ3v) is 3.65. The van der Waals surface area contributed by atoms with Gasteiger partial charge in [-0.1, -0.05) is 30.3 Å². The molecule has 1 atom stereocenters. The molecule has 0 aliphatic carbocycles. The Bertz CT molecular complexity index is 510. The van der Waals surface area contributed by atoms with E-state index in [1.165, 1.54) is 24.1 Å². The van der Waals surface area contributed by atoms with E-state index < -0.39 is 0 Å². The number of hydrogen-bond acceptors (Lipinski definition) is 2. The highest BCUT2D eigenvalue weighted by molar-refractivity contribution is 5.56. The first kappa shape index (κ1) is 11.5. The molecule has 2 heterocycles. The predicted molar refractivity (Wildman–Crippen MR) is 73.5 cm³/mol. The van der Waals surface area contributed by atoms with Crippen LogP contribution in [0.25, 0.3) is 11.4 Å². The van der Waals surface area contributed by atoms with E-state index in [1.807, 2.05) is 12.3 Å². The Labute approximate surface area is 108 Å². The quantitative estimate of drug-likeness (QED) is 0.876. The van der Waals surface area contributed by atoms with E-state index in [0.717, 1.165) is 18.9 Å². The molecule has 3 heteroatoms. The molecule has 1 saturated heterocycles. The normalized spacial score (nSPS) is 19.9. The fraction of sp³-hybridized carbons (Fsp3) is 0.400. The third kappa shape index (κ3) is 2.06. The van der Waals surface area contributed by atoms with Crippen LogP contribution in [0.1, 0.15) is 24.6 Å². The largest absolute Gasteiger partial charge is 0.324 e. The van der Waals surface area contributed by atoms with Crippen molar-refractivity contribution in [3.05, 3.63) is 42.2 Å². The van der Waals surface area contributed by atoms with Crippen molar-refractivity contribution in [2.45, 2.75) is 25.8 Å². The zero-order valence-corrected chi connectivity index (χ0v) is 10.8. The molecule has 1 aliphatic heterocycles. The summed E-state index contributed by atoms with van der Waals surface area (Å²) in [7, 11) is 0. The molecule has 2 aromatic rings. The molecule has 0 amide bonds. The maximum absolute atomic E-state index is 4.60. The Kier molecular flexibility index (Phi) is 3.15. The Morgan fingerprint density at radius 2 is 2.11 bits per heavy atom. The molecule has 0 spiro atoms. The monoisotopic (exact) mass is 241 g/mol. The lowest BCUT2D eigenvalue weighted by atomic mass is 10.1. The van der Waals surface area contributed by atoms with Gasteiger partial charge in [-0.3, -0.25) is 0 Å². The standard InChI is InChI=1S/C15H19N3/c1-12-10-17-15(13-6-3-2-4-7-13)18(12)14-8-5-9-16-11-14/h2-4,6-7,10,14,16H,5,8-9,11H2,1H3. The maximum atomic E-state index is 4.60. The molecular formula is C15H19N3. The van der Waals surface area contributed by atoms with Gasteiger partial charge in [0, 0.05) is 30.0 Å². The lowest BCUT2D eigenvalue weighted by Gasteiger charge is -2.27. The minimum atomic E-state index is 0.538. The van der Waals surface area contributed by atoms with E-state index >= 15 is 0 Å². The second-order valence-corrected chi connectivity index (χ2v) is 4.96. The van der Waals surface area contributed by atoms with Gasteiger partial charge in [0.2, 0.25) is 0 Å². The van der Waals surface area contributed by atoms with Crippen molar-refractivity contribution in [2.75, 3.05) is 13.1 Å². The number of nitrogens with zero attached hydrogens (tertiary/aromatic N) is 2. The number of nitrogens with one attached hydrogen (secondary N) is 1. The van der Waals surface area contributed by atoms with Crippen LogP contribution in [0.5, 0.6) is 0 Å². The Hall–Kier alpha value is -1.61. The van der Waals surface area contributed by atoms with Crippen LogP contribution in [0.4, 0.5) is 0 Å². The number of rotatable bonds is 2. The second kappa shape index (κ2) is 4.94. The summed E-state index contributed by atoms with van der Waals surface area (Å²) in [5, 5.41) is 3.48. The number of aromatic nitrogens is 2. The lowest BCUT2D eigenvalue weighted by Crippen LogP contribution is -2.32. The van der Waals surface area contributed by atoms with Gasteiger partial charge in [-0.25, -0.2) is 4.98 Å². The van der Waals surface area contributed by atoms with Crippen LogP contribution in [0, 0.1) is 6.92 Å². The fourth-order valence-corrected chi connectivity index (χ4v) is 2.76. The van der Waals surface area contributed by atoms with Gasteiger partial charge in [-0.15, -0.1) is 0 Å². The molecular weight excluding hydrogens is 222 g/mol. The minimum Gasteiger partial charge on any atom is -0.324 e. The van der Waals surface area contributed by atoms with Crippen molar-refractivity contribution in [1.29, 1.82) is 0 Å². The molecule has 1 aromatic carbocycles. The number of benzene rings is 1. The summed E-state index contributed by atoms with van der Waals surface area (Å²) < 4.78 is 2.39. The van der Waals surface area contributed by atoms with Crippen LogP contribution in [0.15, 0.2) is 36.5 Å². The number of imidazole rings is 1. The fourth-order valence-electron chi connectivity index (χ4n) is 2.76. The lowest BCUT2D eigenvalue weighted by molar-refractivity contribution is 0.370. The van der Waals surface area contributed by atoms with E-state index in [4.69, 9.17) is 0 Å². The molecule has 1 N–H and O–H groups in total. The number of piperidine rings is 1. The summed E-state index contributed by atoms with van der Waals surface area (Å²) in [6.45, 7) is 4.34. The molecule has 18 heavy (non-hydrogen) atoms. The highest BCUT2D eigenvalue weighted by Crippen LogP contribution is 2.26. The van der Waals surface area contributed by atoms with Gasteiger partial charge in [-0.05, 0) is 26.3 Å². The first-order valence-electron chi connectivity index (χ1n) is 6.66. The van der Waals surface area contributed by atoms with Crippen LogP contribution in [-0.2, 0) is 0 Å². The van der Waals surface area contributed by atoms with Crippen molar-refractivity contribution < 1.29 is 0 Å². The third-order valence-electron chi connectivity index (χ3n) is 3.65. The van der Waals surface area contributed by atoms with Crippen molar-refractivity contribution in [2.24, 2.45) is 0 Å². The van der Waals surface area contributed by atoms with Gasteiger partial charge in [0.1, 0.15) is 5.82 Å². The van der Waals surface area contributed by atoms with E-state index in [9.17, 15) is 0 Å². The topological polar surface area (TPSA) is 29.9 Å². The number of aryl methyl sites for hydroxylation is 1. The van der Waals surface area contributed by atoms with Crippen molar-refractivity contribution in [1.82, 2.24) is 14.9 Å². The van der Waals surface area contributed by atoms with Crippen LogP contribution in [0.2, 0.25) is 0 Å². The van der Waals surface area contributed by atoms with E-state index in [1.54, 1.807) is 0 Å². The van der Waals surface area contributed by atoms with Crippen molar-refractivity contribution >= 4 is 0 Å². The smallest absolute Gasteiger partial charge is 0.140 e. The predicted octanol–water partition coefficient (Wildman–Crippen LogP) is 2.78. The average Bonchev–Trinajstić information content (AvgIpc) is 2.83. The van der Waals surface area contributed by atoms with E-state index in [-0.39, 0.29) is 0 Å². The summed E-state index contributed by atoms with van der Waals surface area (Å²) in [6.07, 6.45) is 4.47. The van der Waals surface area contributed by atoms with Crippen LogP contribution in [0.3, 0.4) is 0 Å². The minimum absolute atomic E-state index is 0.538. The van der Waals surface area contributed by atoms with Gasteiger partial charge in [0.25, 0.3) is 0 Å². The SMILES string of the molecule is Cc1cnc(-c2ccccc2)n1C1CCCNC1. The molecule has 1 aliphatic rings. The van der Waals surface area contributed by atoms with Crippen LogP contribution < -0.4 is 5.32 Å². The van der Waals surface area contributed by atoms with E-state index in [0.29, 0.717) is 6.04 Å². The summed E-state index contributed by atoms with van der Waals surface area (Å²) in [5.74, 6) is 1.10. The summed E-state index contributed by atoms with van der Waals surface area (Å²) in [6, 6.07) is 11.0. The summed E-state index contributed by atoms with van der Waals surface area (Å²) >= 11 is 0. The highest BCUT2D eigenvalue weighted by Gasteiger charge is 2.20. The van der Waals surface area contributed by atoms with Gasteiger partial charge in [0.15, 0.2) is 0 Å². The van der Waals surface area contributed by atoms with Gasteiger partial charge >= 0.3 is 0 Å². The first-order valence-corrected chi connectivity index (χ1v) is 6.66. The Balaban J connectivity index is 2.01. The molecule has 0 radical (unpaired) electrons. The highest BCUT2D eigenvalue weighted by atomic mass is 15.1. The zero-order valence-electron chi connectivity index (χ0n) is 10.8. The molecule has 1 aromatic heterocycles. The van der Waals surface area contributed by atoms with Gasteiger partial charge in [-0.2, -0.15) is 0 Å². The van der Waals surface area contributed by atoms with Crippen molar-refractivity contribution in [3.8, 4) is 11.4 Å². The molecule has 0 saturated carbocycles. The van der Waals surface area contributed by atoms with Gasteiger partial charge in [0.05, 0.1) is 0 Å².